The van der Waals surface area contributed by atoms with Gasteiger partial charge >= 0.3 is 0 Å². The van der Waals surface area contributed by atoms with Gasteiger partial charge in [-0.15, -0.1) is 0 Å². The lowest BCUT2D eigenvalue weighted by atomic mass is 9.84. The Morgan fingerprint density at radius 1 is 1.44 bits per heavy atom. The molecule has 0 heterocycles. The third-order valence-electron chi connectivity index (χ3n) is 3.60. The van der Waals surface area contributed by atoms with Crippen molar-refractivity contribution in [2.45, 2.75) is 58.6 Å². The molecule has 0 aliphatic heterocycles. The van der Waals surface area contributed by atoms with Crippen LogP contribution in [-0.4, -0.2) is 31.7 Å². The smallest absolute Gasteiger partial charge is 0.224 e. The van der Waals surface area contributed by atoms with Crippen molar-refractivity contribution in [2.24, 2.45) is 17.1 Å². The normalized spacial score (nSPS) is 26.1. The first-order valence-electron chi connectivity index (χ1n) is 6.90. The van der Waals surface area contributed by atoms with Crippen molar-refractivity contribution in [2.75, 3.05) is 13.7 Å². The van der Waals surface area contributed by atoms with Gasteiger partial charge in [0.05, 0.1) is 18.1 Å². The van der Waals surface area contributed by atoms with Gasteiger partial charge in [-0.05, 0) is 31.1 Å². The summed E-state index contributed by atoms with van der Waals surface area (Å²) in [5.41, 5.74) is 5.85. The standard InChI is InChI=1S/C14H28N2O2/c1-14(2,3)8-10(9-15)13(17)16-11-6-5-7-12(11)18-4/h10-12H,5-9,15H2,1-4H3,(H,16,17). The monoisotopic (exact) mass is 256 g/mol. The fourth-order valence-electron chi connectivity index (χ4n) is 2.70. The highest BCUT2D eigenvalue weighted by molar-refractivity contribution is 5.79. The molecule has 0 aromatic heterocycles. The number of amides is 1. The molecule has 1 aliphatic rings. The number of nitrogens with two attached hydrogens (primary N) is 1. The van der Waals surface area contributed by atoms with E-state index in [1.165, 1.54) is 0 Å². The third kappa shape index (κ3) is 4.58. The summed E-state index contributed by atoms with van der Waals surface area (Å²) >= 11 is 0. The molecule has 3 unspecified atom stereocenters. The van der Waals surface area contributed by atoms with Crippen LogP contribution in [-0.2, 0) is 9.53 Å². The van der Waals surface area contributed by atoms with E-state index >= 15 is 0 Å². The molecule has 1 saturated carbocycles. The molecule has 1 rings (SSSR count). The summed E-state index contributed by atoms with van der Waals surface area (Å²) in [6, 6.07) is 0.163. The van der Waals surface area contributed by atoms with Crippen LogP contribution in [0.4, 0.5) is 0 Å². The number of carbonyl (C=O) groups is 1. The summed E-state index contributed by atoms with van der Waals surface area (Å²) in [6.45, 7) is 6.82. The molecule has 0 aromatic rings. The Morgan fingerprint density at radius 2 is 2.11 bits per heavy atom. The summed E-state index contributed by atoms with van der Waals surface area (Å²) in [5.74, 6) is -0.00974. The van der Waals surface area contributed by atoms with Crippen LogP contribution in [0.1, 0.15) is 46.5 Å². The number of hydrogen-bond donors (Lipinski definition) is 2. The molecule has 0 aromatic carbocycles. The average Bonchev–Trinajstić information content (AvgIpc) is 2.71. The number of methoxy groups -OCH3 is 1. The largest absolute Gasteiger partial charge is 0.379 e. The second-order valence-electron chi connectivity index (χ2n) is 6.52. The van der Waals surface area contributed by atoms with Crippen molar-refractivity contribution in [3.8, 4) is 0 Å². The highest BCUT2D eigenvalue weighted by atomic mass is 16.5. The van der Waals surface area contributed by atoms with Crippen LogP contribution in [0.3, 0.4) is 0 Å². The van der Waals surface area contributed by atoms with Crippen molar-refractivity contribution in [1.29, 1.82) is 0 Å². The second-order valence-corrected chi connectivity index (χ2v) is 6.52. The first kappa shape index (κ1) is 15.4. The number of rotatable bonds is 5. The zero-order valence-electron chi connectivity index (χ0n) is 12.2. The minimum atomic E-state index is -0.0943. The lowest BCUT2D eigenvalue weighted by Crippen LogP contribution is -2.45. The summed E-state index contributed by atoms with van der Waals surface area (Å²) in [6.07, 6.45) is 4.16. The summed E-state index contributed by atoms with van der Waals surface area (Å²) in [4.78, 5) is 12.2. The number of carbonyl (C=O) groups excluding carboxylic acids is 1. The van der Waals surface area contributed by atoms with Gasteiger partial charge in [0, 0.05) is 13.7 Å². The minimum absolute atomic E-state index is 0.0846. The maximum absolute atomic E-state index is 12.2. The Balaban J connectivity index is 2.52. The molecule has 1 fully saturated rings. The fourth-order valence-corrected chi connectivity index (χ4v) is 2.70. The van der Waals surface area contributed by atoms with E-state index in [-0.39, 0.29) is 29.4 Å². The molecule has 106 valence electrons. The minimum Gasteiger partial charge on any atom is -0.379 e. The van der Waals surface area contributed by atoms with Gasteiger partial charge in [0.2, 0.25) is 5.91 Å². The van der Waals surface area contributed by atoms with Crippen LogP contribution >= 0.6 is 0 Å². The molecular weight excluding hydrogens is 228 g/mol. The average molecular weight is 256 g/mol. The Labute approximate surface area is 111 Å². The van der Waals surface area contributed by atoms with E-state index in [1.54, 1.807) is 7.11 Å². The molecule has 1 amide bonds. The summed E-state index contributed by atoms with van der Waals surface area (Å²) in [7, 11) is 1.71. The highest BCUT2D eigenvalue weighted by Gasteiger charge is 2.31. The van der Waals surface area contributed by atoms with Gasteiger partial charge in [-0.1, -0.05) is 20.8 Å². The van der Waals surface area contributed by atoms with Crippen LogP contribution < -0.4 is 11.1 Å². The maximum Gasteiger partial charge on any atom is 0.224 e. The quantitative estimate of drug-likeness (QED) is 0.786. The molecule has 3 atom stereocenters. The predicted molar refractivity (Wildman–Crippen MR) is 73.2 cm³/mol. The Morgan fingerprint density at radius 3 is 2.61 bits per heavy atom. The van der Waals surface area contributed by atoms with E-state index in [0.717, 1.165) is 25.7 Å². The van der Waals surface area contributed by atoms with Crippen LogP contribution in [0.25, 0.3) is 0 Å². The molecule has 18 heavy (non-hydrogen) atoms. The van der Waals surface area contributed by atoms with E-state index < -0.39 is 0 Å². The second kappa shape index (κ2) is 6.53. The van der Waals surface area contributed by atoms with Gasteiger partial charge in [0.25, 0.3) is 0 Å². The van der Waals surface area contributed by atoms with E-state index in [4.69, 9.17) is 10.5 Å². The molecular formula is C14H28N2O2. The van der Waals surface area contributed by atoms with Gasteiger partial charge in [0.15, 0.2) is 0 Å². The van der Waals surface area contributed by atoms with Gasteiger partial charge in [-0.2, -0.15) is 0 Å². The fraction of sp³-hybridized carbons (Fsp3) is 0.929. The molecule has 1 aliphatic carbocycles. The number of hydrogen-bond acceptors (Lipinski definition) is 3. The van der Waals surface area contributed by atoms with Gasteiger partial charge in [-0.25, -0.2) is 0 Å². The first-order valence-corrected chi connectivity index (χ1v) is 6.90. The Kier molecular flexibility index (Phi) is 5.60. The predicted octanol–water partition coefficient (Wildman–Crippen LogP) is 1.68. The molecule has 3 N–H and O–H groups in total. The van der Waals surface area contributed by atoms with Crippen molar-refractivity contribution in [3.05, 3.63) is 0 Å². The molecule has 4 heteroatoms. The highest BCUT2D eigenvalue weighted by Crippen LogP contribution is 2.26. The molecule has 4 nitrogen and oxygen atoms in total. The summed E-state index contributed by atoms with van der Waals surface area (Å²) in [5, 5.41) is 3.11. The van der Waals surface area contributed by atoms with Crippen molar-refractivity contribution in [1.82, 2.24) is 5.32 Å². The van der Waals surface area contributed by atoms with Crippen LogP contribution in [0, 0.1) is 11.3 Å². The maximum atomic E-state index is 12.2. The van der Waals surface area contributed by atoms with Crippen molar-refractivity contribution >= 4 is 5.91 Å². The van der Waals surface area contributed by atoms with E-state index in [2.05, 4.69) is 26.1 Å². The number of ether oxygens (including phenoxy) is 1. The van der Waals surface area contributed by atoms with Gasteiger partial charge in [-0.3, -0.25) is 4.79 Å². The lowest BCUT2D eigenvalue weighted by Gasteiger charge is -2.27. The van der Waals surface area contributed by atoms with Crippen LogP contribution in [0.2, 0.25) is 0 Å². The summed E-state index contributed by atoms with van der Waals surface area (Å²) < 4.78 is 5.39. The zero-order valence-corrected chi connectivity index (χ0v) is 12.2. The van der Waals surface area contributed by atoms with Crippen LogP contribution in [0.5, 0.6) is 0 Å². The lowest BCUT2D eigenvalue weighted by molar-refractivity contribution is -0.127. The van der Waals surface area contributed by atoms with E-state index in [1.807, 2.05) is 0 Å². The molecule has 0 radical (unpaired) electrons. The Hall–Kier alpha value is -0.610. The number of nitrogens with one attached hydrogen (secondary N) is 1. The van der Waals surface area contributed by atoms with E-state index in [9.17, 15) is 4.79 Å². The zero-order chi connectivity index (χ0) is 13.8. The van der Waals surface area contributed by atoms with Crippen LogP contribution in [0.15, 0.2) is 0 Å². The van der Waals surface area contributed by atoms with E-state index in [0.29, 0.717) is 6.54 Å². The molecule has 0 saturated heterocycles. The van der Waals surface area contributed by atoms with Crippen molar-refractivity contribution in [3.63, 3.8) is 0 Å². The molecule has 0 bridgehead atoms. The SMILES string of the molecule is COC1CCCC1NC(=O)C(CN)CC(C)(C)C. The molecule has 0 spiro atoms. The van der Waals surface area contributed by atoms with Crippen molar-refractivity contribution < 1.29 is 9.53 Å². The third-order valence-corrected chi connectivity index (χ3v) is 3.60. The Bertz CT molecular complexity index is 273. The van der Waals surface area contributed by atoms with Gasteiger partial charge < -0.3 is 15.8 Å². The van der Waals surface area contributed by atoms with Gasteiger partial charge in [0.1, 0.15) is 0 Å². The topological polar surface area (TPSA) is 64.3 Å². The first-order chi connectivity index (χ1) is 8.37.